The van der Waals surface area contributed by atoms with Gasteiger partial charge in [-0.15, -0.1) is 0 Å². The Labute approximate surface area is 169 Å². The summed E-state index contributed by atoms with van der Waals surface area (Å²) in [6.45, 7) is 0.329. The molecule has 3 heterocycles. The van der Waals surface area contributed by atoms with Crippen LogP contribution in [0.3, 0.4) is 0 Å². The fourth-order valence-electron chi connectivity index (χ4n) is 3.05. The molecule has 8 heteroatoms. The summed E-state index contributed by atoms with van der Waals surface area (Å²) in [5.41, 5.74) is 4.34. The summed E-state index contributed by atoms with van der Waals surface area (Å²) >= 11 is 3.39. The van der Waals surface area contributed by atoms with Gasteiger partial charge in [-0.3, -0.25) is 9.48 Å². The molecule has 7 nitrogen and oxygen atoms in total. The predicted octanol–water partition coefficient (Wildman–Crippen LogP) is 3.53. The van der Waals surface area contributed by atoms with Crippen LogP contribution in [-0.4, -0.2) is 25.7 Å². The number of benzene rings is 1. The van der Waals surface area contributed by atoms with Crippen LogP contribution in [0.4, 0.5) is 0 Å². The smallest absolute Gasteiger partial charge is 0.253 e. The van der Waals surface area contributed by atoms with Crippen molar-refractivity contribution in [3.8, 4) is 17.3 Å². The van der Waals surface area contributed by atoms with Crippen molar-refractivity contribution in [3.05, 3.63) is 70.1 Å². The molecule has 2 N–H and O–H groups in total. The van der Waals surface area contributed by atoms with Crippen LogP contribution in [0.15, 0.2) is 53.4 Å². The highest BCUT2D eigenvalue weighted by Gasteiger charge is 2.15. The summed E-state index contributed by atoms with van der Waals surface area (Å²) in [7, 11) is 1.83. The van der Waals surface area contributed by atoms with Gasteiger partial charge in [-0.05, 0) is 34.1 Å². The number of pyridine rings is 1. The molecule has 4 aromatic rings. The first kappa shape index (κ1) is 17.9. The second-order valence-electron chi connectivity index (χ2n) is 6.30. The number of halogens is 1. The number of aryl methyl sites for hydroxylation is 1. The lowest BCUT2D eigenvalue weighted by Crippen LogP contribution is -2.22. The minimum Gasteiger partial charge on any atom is -0.348 e. The van der Waals surface area contributed by atoms with Crippen molar-refractivity contribution in [2.45, 2.75) is 6.54 Å². The number of aromatic amines is 1. The van der Waals surface area contributed by atoms with Gasteiger partial charge >= 0.3 is 0 Å². The predicted molar refractivity (Wildman–Crippen MR) is 108 cm³/mol. The minimum atomic E-state index is -0.194. The highest BCUT2D eigenvalue weighted by Crippen LogP contribution is 2.23. The van der Waals surface area contributed by atoms with Gasteiger partial charge in [0.2, 0.25) is 0 Å². The van der Waals surface area contributed by atoms with Crippen molar-refractivity contribution in [3.63, 3.8) is 0 Å². The maximum atomic E-state index is 12.7. The number of carbonyl (C=O) groups is 1. The number of hydrogen-bond acceptors (Lipinski definition) is 4. The molecule has 0 unspecified atom stereocenters. The van der Waals surface area contributed by atoms with E-state index in [0.717, 1.165) is 26.7 Å². The number of nitrogens with one attached hydrogen (secondary N) is 2. The molecule has 3 aromatic heterocycles. The molecule has 4 rings (SSSR count). The Morgan fingerprint density at radius 2 is 2.14 bits per heavy atom. The van der Waals surface area contributed by atoms with E-state index in [9.17, 15) is 4.79 Å². The summed E-state index contributed by atoms with van der Waals surface area (Å²) in [5.74, 6) is -0.194. The van der Waals surface area contributed by atoms with Gasteiger partial charge in [0.05, 0.1) is 22.9 Å². The zero-order valence-electron chi connectivity index (χ0n) is 14.9. The van der Waals surface area contributed by atoms with Crippen molar-refractivity contribution in [2.75, 3.05) is 0 Å². The Morgan fingerprint density at radius 3 is 2.89 bits per heavy atom. The highest BCUT2D eigenvalue weighted by molar-refractivity contribution is 9.10. The monoisotopic (exact) mass is 434 g/mol. The molecule has 0 saturated heterocycles. The number of H-pyrrole nitrogens is 1. The molecular weight excluding hydrogens is 420 g/mol. The maximum absolute atomic E-state index is 12.7. The van der Waals surface area contributed by atoms with Crippen LogP contribution in [0.1, 0.15) is 21.5 Å². The molecule has 0 atom stereocenters. The number of carbonyl (C=O) groups excluding carboxylic acids is 1. The first-order chi connectivity index (χ1) is 13.5. The van der Waals surface area contributed by atoms with Gasteiger partial charge in [-0.25, -0.2) is 4.98 Å². The molecule has 0 spiro atoms. The number of nitriles is 1. The van der Waals surface area contributed by atoms with Gasteiger partial charge in [-0.2, -0.15) is 10.4 Å². The molecule has 0 fully saturated rings. The number of amides is 1. The fraction of sp³-hybridized carbons (Fsp3) is 0.100. The van der Waals surface area contributed by atoms with E-state index in [2.05, 4.69) is 42.4 Å². The summed E-state index contributed by atoms with van der Waals surface area (Å²) < 4.78 is 2.52. The molecular formula is C20H15BrN6O. The summed E-state index contributed by atoms with van der Waals surface area (Å²) in [6, 6.07) is 11.2. The van der Waals surface area contributed by atoms with Crippen LogP contribution in [0.2, 0.25) is 0 Å². The molecule has 0 aliphatic carbocycles. The third-order valence-electron chi connectivity index (χ3n) is 4.37. The molecule has 1 amide bonds. The Balaban J connectivity index is 1.57. The van der Waals surface area contributed by atoms with E-state index in [1.165, 1.54) is 0 Å². The van der Waals surface area contributed by atoms with Gasteiger partial charge in [0, 0.05) is 53.2 Å². The molecule has 0 saturated carbocycles. The lowest BCUT2D eigenvalue weighted by Gasteiger charge is -2.05. The van der Waals surface area contributed by atoms with Crippen LogP contribution in [0.25, 0.3) is 22.3 Å². The van der Waals surface area contributed by atoms with Crippen molar-refractivity contribution < 1.29 is 4.79 Å². The number of fused-ring (bicyclic) bond motifs is 1. The average Bonchev–Trinajstić information content (AvgIpc) is 3.29. The van der Waals surface area contributed by atoms with Crippen molar-refractivity contribution in [1.29, 1.82) is 5.26 Å². The van der Waals surface area contributed by atoms with E-state index in [4.69, 9.17) is 5.26 Å². The SMILES string of the molecule is Cn1cc(CNC(=O)c2c[nH]c3ncc(Br)cc23)c(-c2ccc(C#N)cc2)n1. The van der Waals surface area contributed by atoms with E-state index in [1.54, 1.807) is 29.2 Å². The van der Waals surface area contributed by atoms with Crippen LogP contribution >= 0.6 is 15.9 Å². The maximum Gasteiger partial charge on any atom is 0.253 e. The van der Waals surface area contributed by atoms with Crippen molar-refractivity contribution in [2.24, 2.45) is 7.05 Å². The zero-order valence-corrected chi connectivity index (χ0v) is 16.5. The lowest BCUT2D eigenvalue weighted by molar-refractivity contribution is 0.0952. The van der Waals surface area contributed by atoms with Crippen LogP contribution in [-0.2, 0) is 13.6 Å². The summed E-state index contributed by atoms with van der Waals surface area (Å²) in [4.78, 5) is 20.0. The summed E-state index contributed by atoms with van der Waals surface area (Å²) in [5, 5.41) is 17.2. The standard InChI is InChI=1S/C20H15BrN6O/c1-27-11-14(18(26-27)13-4-2-12(7-22)3-5-13)8-25-20(28)17-10-24-19-16(17)6-15(21)9-23-19/h2-6,9-11H,8H2,1H3,(H,23,24)(H,25,28). The Kier molecular flexibility index (Phi) is 4.67. The van der Waals surface area contributed by atoms with Gasteiger partial charge < -0.3 is 10.3 Å². The molecule has 0 radical (unpaired) electrons. The first-order valence-electron chi connectivity index (χ1n) is 8.49. The molecule has 0 aliphatic heterocycles. The quantitative estimate of drug-likeness (QED) is 0.512. The second kappa shape index (κ2) is 7.29. The number of nitrogens with zero attached hydrogens (tertiary/aromatic N) is 4. The Morgan fingerprint density at radius 1 is 1.36 bits per heavy atom. The van der Waals surface area contributed by atoms with Crippen molar-refractivity contribution in [1.82, 2.24) is 25.1 Å². The third kappa shape index (κ3) is 3.40. The highest BCUT2D eigenvalue weighted by atomic mass is 79.9. The number of aromatic nitrogens is 4. The van der Waals surface area contributed by atoms with E-state index >= 15 is 0 Å². The Bertz CT molecular complexity index is 1220. The summed E-state index contributed by atoms with van der Waals surface area (Å²) in [6.07, 6.45) is 5.21. The van der Waals surface area contributed by atoms with E-state index in [-0.39, 0.29) is 5.91 Å². The van der Waals surface area contributed by atoms with Gasteiger partial charge in [-0.1, -0.05) is 12.1 Å². The second-order valence-corrected chi connectivity index (χ2v) is 7.22. The van der Waals surface area contributed by atoms with Gasteiger partial charge in [0.25, 0.3) is 5.91 Å². The fourth-order valence-corrected chi connectivity index (χ4v) is 3.38. The molecule has 0 bridgehead atoms. The van der Waals surface area contributed by atoms with Gasteiger partial charge in [0.1, 0.15) is 5.65 Å². The third-order valence-corrected chi connectivity index (χ3v) is 4.81. The van der Waals surface area contributed by atoms with Crippen LogP contribution in [0, 0.1) is 11.3 Å². The van der Waals surface area contributed by atoms with E-state index < -0.39 is 0 Å². The van der Waals surface area contributed by atoms with E-state index in [0.29, 0.717) is 23.3 Å². The largest absolute Gasteiger partial charge is 0.348 e. The normalized spacial score (nSPS) is 10.8. The first-order valence-corrected chi connectivity index (χ1v) is 9.28. The zero-order chi connectivity index (χ0) is 19.7. The van der Waals surface area contributed by atoms with Crippen LogP contribution in [0.5, 0.6) is 0 Å². The average molecular weight is 435 g/mol. The topological polar surface area (TPSA) is 99.4 Å². The lowest BCUT2D eigenvalue weighted by atomic mass is 10.1. The number of rotatable bonds is 4. The molecule has 1 aromatic carbocycles. The molecule has 0 aliphatic rings. The van der Waals surface area contributed by atoms with Gasteiger partial charge in [0.15, 0.2) is 0 Å². The minimum absolute atomic E-state index is 0.194. The molecule has 138 valence electrons. The number of hydrogen-bond donors (Lipinski definition) is 2. The van der Waals surface area contributed by atoms with Crippen LogP contribution < -0.4 is 5.32 Å². The van der Waals surface area contributed by atoms with Crippen molar-refractivity contribution >= 4 is 32.9 Å². The Hall–Kier alpha value is -3.44. The van der Waals surface area contributed by atoms with E-state index in [1.807, 2.05) is 31.4 Å². The molecule has 28 heavy (non-hydrogen) atoms.